The highest BCUT2D eigenvalue weighted by molar-refractivity contribution is 7.09. The van der Waals surface area contributed by atoms with Crippen LogP contribution in [0.25, 0.3) is 0 Å². The van der Waals surface area contributed by atoms with Crippen LogP contribution in [0.2, 0.25) is 10.0 Å². The lowest BCUT2D eigenvalue weighted by Gasteiger charge is -2.11. The van der Waals surface area contributed by atoms with E-state index in [0.717, 1.165) is 10.4 Å². The van der Waals surface area contributed by atoms with E-state index >= 15 is 0 Å². The Kier molecular flexibility index (Phi) is 4.57. The number of hydrogen-bond donors (Lipinski definition) is 0. The van der Waals surface area contributed by atoms with Gasteiger partial charge in [0.15, 0.2) is 0 Å². The molecule has 0 unspecified atom stereocenters. The van der Waals surface area contributed by atoms with Crippen LogP contribution in [-0.4, -0.2) is 0 Å². The summed E-state index contributed by atoms with van der Waals surface area (Å²) >= 11 is 19.5. The average Bonchev–Trinajstić information content (AvgIpc) is 2.79. The molecule has 0 aliphatic rings. The molecule has 2 rings (SSSR count). The van der Waals surface area contributed by atoms with E-state index in [0.29, 0.717) is 28.3 Å². The van der Waals surface area contributed by atoms with E-state index in [4.69, 9.17) is 39.5 Å². The number of alkyl halides is 1. The number of thiophene rings is 1. The van der Waals surface area contributed by atoms with Crippen LogP contribution in [0.5, 0.6) is 5.75 Å². The first kappa shape index (κ1) is 13.0. The van der Waals surface area contributed by atoms with E-state index in [9.17, 15) is 0 Å². The maximum atomic E-state index is 6.09. The van der Waals surface area contributed by atoms with Gasteiger partial charge in [0.05, 0.1) is 10.9 Å². The molecule has 0 aliphatic heterocycles. The third kappa shape index (κ3) is 3.29. The van der Waals surface area contributed by atoms with Crippen molar-refractivity contribution in [2.45, 2.75) is 12.5 Å². The molecule has 90 valence electrons. The Morgan fingerprint density at radius 3 is 2.71 bits per heavy atom. The number of halogens is 3. The fourth-order valence-electron chi connectivity index (χ4n) is 1.41. The largest absolute Gasteiger partial charge is 0.486 e. The molecule has 1 nitrogen and oxygen atoms in total. The Morgan fingerprint density at radius 1 is 1.24 bits per heavy atom. The van der Waals surface area contributed by atoms with Gasteiger partial charge in [-0.3, -0.25) is 0 Å². The van der Waals surface area contributed by atoms with E-state index in [1.54, 1.807) is 23.5 Å². The monoisotopic (exact) mass is 306 g/mol. The van der Waals surface area contributed by atoms with Gasteiger partial charge >= 0.3 is 0 Å². The first-order valence-electron chi connectivity index (χ1n) is 4.90. The Balaban J connectivity index is 2.19. The van der Waals surface area contributed by atoms with E-state index in [2.05, 4.69) is 0 Å². The highest BCUT2D eigenvalue weighted by Gasteiger charge is 2.10. The summed E-state index contributed by atoms with van der Waals surface area (Å²) in [5, 5.41) is 3.06. The second-order valence-corrected chi connectivity index (χ2v) is 5.52. The minimum Gasteiger partial charge on any atom is -0.486 e. The van der Waals surface area contributed by atoms with E-state index in [1.165, 1.54) is 0 Å². The van der Waals surface area contributed by atoms with Gasteiger partial charge in [0.25, 0.3) is 0 Å². The molecule has 0 N–H and O–H groups in total. The highest BCUT2D eigenvalue weighted by atomic mass is 35.5. The molecular formula is C12H9Cl3OS. The lowest BCUT2D eigenvalue weighted by atomic mass is 10.2. The smallest absolute Gasteiger partial charge is 0.142 e. The van der Waals surface area contributed by atoms with Gasteiger partial charge in [-0.05, 0) is 23.6 Å². The zero-order chi connectivity index (χ0) is 12.3. The molecule has 0 bridgehead atoms. The summed E-state index contributed by atoms with van der Waals surface area (Å²) < 4.78 is 5.69. The topological polar surface area (TPSA) is 9.23 Å². The number of ether oxygens (including phenoxy) is 1. The Morgan fingerprint density at radius 2 is 2.06 bits per heavy atom. The van der Waals surface area contributed by atoms with Crippen LogP contribution in [0.15, 0.2) is 29.6 Å². The summed E-state index contributed by atoms with van der Waals surface area (Å²) in [5.74, 6) is 0.930. The zero-order valence-corrected chi connectivity index (χ0v) is 11.8. The molecule has 0 fully saturated rings. The van der Waals surface area contributed by atoms with E-state index in [-0.39, 0.29) is 0 Å². The van der Waals surface area contributed by atoms with Gasteiger partial charge in [0.1, 0.15) is 12.4 Å². The fraction of sp³-hybridized carbons (Fsp3) is 0.167. The Hall–Kier alpha value is -0.410. The minimum absolute atomic E-state index is 0.319. The van der Waals surface area contributed by atoms with Gasteiger partial charge in [0, 0.05) is 15.5 Å². The lowest BCUT2D eigenvalue weighted by Crippen LogP contribution is -1.97. The number of hydrogen-bond acceptors (Lipinski definition) is 2. The molecule has 2 aromatic rings. The summed E-state index contributed by atoms with van der Waals surface area (Å²) in [6.07, 6.45) is 0. The van der Waals surface area contributed by atoms with Gasteiger partial charge < -0.3 is 4.74 Å². The second kappa shape index (κ2) is 5.96. The summed E-state index contributed by atoms with van der Waals surface area (Å²) in [6.45, 7) is 0.489. The molecule has 0 radical (unpaired) electrons. The molecule has 17 heavy (non-hydrogen) atoms. The van der Waals surface area contributed by atoms with Gasteiger partial charge in [-0.15, -0.1) is 22.9 Å². The standard InChI is InChI=1S/C12H9Cl3OS/c13-6-8-4-9(14)5-11(15)12(8)16-7-10-2-1-3-17-10/h1-5H,6-7H2. The third-order valence-electron chi connectivity index (χ3n) is 2.17. The second-order valence-electron chi connectivity index (χ2n) is 3.38. The summed E-state index contributed by atoms with van der Waals surface area (Å²) in [6, 6.07) is 7.41. The summed E-state index contributed by atoms with van der Waals surface area (Å²) in [4.78, 5) is 1.14. The molecule has 0 spiro atoms. The fourth-order valence-corrected chi connectivity index (χ4v) is 2.82. The van der Waals surface area contributed by atoms with Crippen molar-refractivity contribution in [3.63, 3.8) is 0 Å². The van der Waals surface area contributed by atoms with Crippen LogP contribution in [0, 0.1) is 0 Å². The molecule has 0 aliphatic carbocycles. The maximum absolute atomic E-state index is 6.09. The van der Waals surface area contributed by atoms with Crippen molar-refractivity contribution in [1.82, 2.24) is 0 Å². The molecule has 0 amide bonds. The molecular weight excluding hydrogens is 299 g/mol. The van der Waals surface area contributed by atoms with E-state index in [1.807, 2.05) is 17.5 Å². The molecule has 0 saturated carbocycles. The Labute approximate surface area is 119 Å². The van der Waals surface area contributed by atoms with Crippen LogP contribution in [0.4, 0.5) is 0 Å². The molecule has 1 heterocycles. The van der Waals surface area contributed by atoms with Crippen LogP contribution in [0.1, 0.15) is 10.4 Å². The number of benzene rings is 1. The van der Waals surface area contributed by atoms with Crippen molar-refractivity contribution in [2.75, 3.05) is 0 Å². The predicted octanol–water partition coefficient (Wildman–Crippen LogP) is 5.37. The van der Waals surface area contributed by atoms with Gasteiger partial charge in [-0.25, -0.2) is 0 Å². The predicted molar refractivity (Wildman–Crippen MR) is 74.7 cm³/mol. The molecule has 1 aromatic heterocycles. The molecule has 5 heteroatoms. The number of rotatable bonds is 4. The quantitative estimate of drug-likeness (QED) is 0.690. The summed E-state index contributed by atoms with van der Waals surface area (Å²) in [5.41, 5.74) is 0.806. The van der Waals surface area contributed by atoms with Crippen LogP contribution < -0.4 is 4.74 Å². The van der Waals surface area contributed by atoms with Crippen molar-refractivity contribution in [2.24, 2.45) is 0 Å². The normalized spacial score (nSPS) is 10.5. The SMILES string of the molecule is ClCc1cc(Cl)cc(Cl)c1OCc1cccs1. The molecule has 0 saturated heterocycles. The van der Waals surface area contributed by atoms with Crippen molar-refractivity contribution in [3.05, 3.63) is 50.1 Å². The molecule has 1 aromatic carbocycles. The van der Waals surface area contributed by atoms with Crippen LogP contribution >= 0.6 is 46.1 Å². The van der Waals surface area contributed by atoms with Crippen molar-refractivity contribution in [3.8, 4) is 5.75 Å². The van der Waals surface area contributed by atoms with Gasteiger partial charge in [-0.2, -0.15) is 0 Å². The Bertz CT molecular complexity index is 497. The lowest BCUT2D eigenvalue weighted by molar-refractivity contribution is 0.307. The first-order chi connectivity index (χ1) is 8.20. The van der Waals surface area contributed by atoms with Crippen LogP contribution in [0.3, 0.4) is 0 Å². The minimum atomic E-state index is 0.319. The zero-order valence-electron chi connectivity index (χ0n) is 8.75. The highest BCUT2D eigenvalue weighted by Crippen LogP contribution is 2.34. The van der Waals surface area contributed by atoms with Crippen LogP contribution in [-0.2, 0) is 12.5 Å². The van der Waals surface area contributed by atoms with Crippen molar-refractivity contribution in [1.29, 1.82) is 0 Å². The van der Waals surface area contributed by atoms with Gasteiger partial charge in [-0.1, -0.05) is 29.3 Å². The van der Waals surface area contributed by atoms with Crippen molar-refractivity contribution < 1.29 is 4.74 Å². The average molecular weight is 308 g/mol. The summed E-state index contributed by atoms with van der Waals surface area (Å²) in [7, 11) is 0. The van der Waals surface area contributed by atoms with Gasteiger partial charge in [0.2, 0.25) is 0 Å². The third-order valence-corrected chi connectivity index (χ3v) is 3.80. The van der Waals surface area contributed by atoms with E-state index < -0.39 is 0 Å². The maximum Gasteiger partial charge on any atom is 0.142 e. The first-order valence-corrected chi connectivity index (χ1v) is 7.07. The molecule has 0 atom stereocenters. The van der Waals surface area contributed by atoms with Crippen molar-refractivity contribution >= 4 is 46.1 Å².